The van der Waals surface area contributed by atoms with Crippen molar-refractivity contribution in [3.05, 3.63) is 34.9 Å². The van der Waals surface area contributed by atoms with Crippen molar-refractivity contribution in [2.45, 2.75) is 44.9 Å². The summed E-state index contributed by atoms with van der Waals surface area (Å²) >= 11 is 5.94. The third kappa shape index (κ3) is 2.39. The summed E-state index contributed by atoms with van der Waals surface area (Å²) in [6.45, 7) is 4.30. The molecule has 18 heavy (non-hydrogen) atoms. The van der Waals surface area contributed by atoms with Crippen molar-refractivity contribution in [1.29, 1.82) is 0 Å². The molecule has 1 aliphatic rings. The van der Waals surface area contributed by atoms with E-state index in [1.54, 1.807) is 0 Å². The van der Waals surface area contributed by atoms with Crippen LogP contribution >= 0.6 is 11.6 Å². The fourth-order valence-electron chi connectivity index (χ4n) is 2.76. The van der Waals surface area contributed by atoms with Crippen molar-refractivity contribution in [3.63, 3.8) is 0 Å². The van der Waals surface area contributed by atoms with E-state index in [2.05, 4.69) is 31.1 Å². The van der Waals surface area contributed by atoms with Gasteiger partial charge >= 0.3 is 0 Å². The fraction of sp³-hybridized carbons (Fsp3) is 0.533. The quantitative estimate of drug-likeness (QED) is 0.480. The SMILES string of the molecule is CC(C)C/C(=N/O)C1(c2ccc(Cl)cc2)CCC1. The summed E-state index contributed by atoms with van der Waals surface area (Å²) in [5.41, 5.74) is 2.10. The largest absolute Gasteiger partial charge is 0.411 e. The van der Waals surface area contributed by atoms with E-state index in [0.717, 1.165) is 30.0 Å². The highest BCUT2D eigenvalue weighted by molar-refractivity contribution is 6.30. The van der Waals surface area contributed by atoms with Crippen molar-refractivity contribution in [2.24, 2.45) is 11.1 Å². The molecule has 0 unspecified atom stereocenters. The minimum absolute atomic E-state index is 0.0520. The van der Waals surface area contributed by atoms with Gasteiger partial charge in [-0.2, -0.15) is 0 Å². The third-order valence-electron chi connectivity index (χ3n) is 3.88. The molecule has 1 fully saturated rings. The Morgan fingerprint density at radius 1 is 1.33 bits per heavy atom. The Morgan fingerprint density at radius 3 is 2.33 bits per heavy atom. The molecule has 1 aromatic carbocycles. The van der Waals surface area contributed by atoms with Crippen LogP contribution in [0.1, 0.15) is 45.1 Å². The van der Waals surface area contributed by atoms with Gasteiger partial charge in [0.2, 0.25) is 0 Å². The van der Waals surface area contributed by atoms with Crippen LogP contribution in [0.3, 0.4) is 0 Å². The summed E-state index contributed by atoms with van der Waals surface area (Å²) in [4.78, 5) is 0. The molecular formula is C15H20ClNO. The van der Waals surface area contributed by atoms with Crippen LogP contribution in [0.15, 0.2) is 29.4 Å². The van der Waals surface area contributed by atoms with E-state index >= 15 is 0 Å². The molecule has 0 spiro atoms. The molecule has 3 heteroatoms. The zero-order valence-corrected chi connectivity index (χ0v) is 11.7. The molecule has 0 bridgehead atoms. The summed E-state index contributed by atoms with van der Waals surface area (Å²) in [7, 11) is 0. The Kier molecular flexibility index (Phi) is 3.96. The van der Waals surface area contributed by atoms with E-state index in [1.165, 1.54) is 12.0 Å². The van der Waals surface area contributed by atoms with Crippen LogP contribution in [-0.4, -0.2) is 10.9 Å². The van der Waals surface area contributed by atoms with E-state index < -0.39 is 0 Å². The predicted octanol–water partition coefficient (Wildman–Crippen LogP) is 4.64. The number of halogens is 1. The van der Waals surface area contributed by atoms with Gasteiger partial charge in [0.15, 0.2) is 0 Å². The standard InChI is InChI=1S/C15H20ClNO/c1-11(2)10-14(17-18)15(8-3-9-15)12-4-6-13(16)7-5-12/h4-7,11,18H,3,8-10H2,1-2H3/b17-14-. The molecule has 2 rings (SSSR count). The molecule has 1 aliphatic carbocycles. The smallest absolute Gasteiger partial charge is 0.0678 e. The Bertz CT molecular complexity index is 432. The topological polar surface area (TPSA) is 32.6 Å². The van der Waals surface area contributed by atoms with Crippen LogP contribution in [-0.2, 0) is 5.41 Å². The normalized spacial score (nSPS) is 18.8. The van der Waals surface area contributed by atoms with Crippen molar-refractivity contribution >= 4 is 17.3 Å². The Morgan fingerprint density at radius 2 is 1.94 bits per heavy atom. The van der Waals surface area contributed by atoms with Crippen molar-refractivity contribution in [1.82, 2.24) is 0 Å². The average molecular weight is 266 g/mol. The molecule has 1 aromatic rings. The molecule has 1 N–H and O–H groups in total. The van der Waals surface area contributed by atoms with E-state index in [0.29, 0.717) is 5.92 Å². The number of nitrogens with zero attached hydrogens (tertiary/aromatic N) is 1. The highest BCUT2D eigenvalue weighted by atomic mass is 35.5. The van der Waals surface area contributed by atoms with Crippen LogP contribution in [0.25, 0.3) is 0 Å². The second kappa shape index (κ2) is 5.31. The molecule has 0 atom stereocenters. The van der Waals surface area contributed by atoms with Crippen LogP contribution in [0.2, 0.25) is 5.02 Å². The lowest BCUT2D eigenvalue weighted by Gasteiger charge is -2.43. The molecule has 0 saturated heterocycles. The van der Waals surface area contributed by atoms with Gasteiger partial charge in [-0.05, 0) is 42.9 Å². The van der Waals surface area contributed by atoms with Crippen molar-refractivity contribution in [3.8, 4) is 0 Å². The van der Waals surface area contributed by atoms with Gasteiger partial charge in [0.25, 0.3) is 0 Å². The van der Waals surface area contributed by atoms with Gasteiger partial charge in [0, 0.05) is 10.4 Å². The average Bonchev–Trinajstić information content (AvgIpc) is 2.28. The summed E-state index contributed by atoms with van der Waals surface area (Å²) in [6, 6.07) is 7.96. The molecule has 0 radical (unpaired) electrons. The molecular weight excluding hydrogens is 246 g/mol. The maximum Gasteiger partial charge on any atom is 0.0678 e. The van der Waals surface area contributed by atoms with E-state index in [1.807, 2.05) is 12.1 Å². The molecule has 0 amide bonds. The number of oxime groups is 1. The van der Waals surface area contributed by atoms with Crippen LogP contribution in [0.5, 0.6) is 0 Å². The maximum atomic E-state index is 9.35. The first kappa shape index (κ1) is 13.4. The molecule has 2 nitrogen and oxygen atoms in total. The summed E-state index contributed by atoms with van der Waals surface area (Å²) in [6.07, 6.45) is 4.18. The third-order valence-corrected chi connectivity index (χ3v) is 4.13. The maximum absolute atomic E-state index is 9.35. The van der Waals surface area contributed by atoms with Crippen LogP contribution in [0, 0.1) is 5.92 Å². The minimum Gasteiger partial charge on any atom is -0.411 e. The zero-order chi connectivity index (χ0) is 13.2. The van der Waals surface area contributed by atoms with Crippen molar-refractivity contribution in [2.75, 3.05) is 0 Å². The monoisotopic (exact) mass is 265 g/mol. The number of benzene rings is 1. The second-order valence-electron chi connectivity index (χ2n) is 5.59. The van der Waals surface area contributed by atoms with Gasteiger partial charge in [0.05, 0.1) is 5.71 Å². The van der Waals surface area contributed by atoms with Gasteiger partial charge < -0.3 is 5.21 Å². The van der Waals surface area contributed by atoms with E-state index in [9.17, 15) is 5.21 Å². The second-order valence-corrected chi connectivity index (χ2v) is 6.02. The Labute approximate surface area is 114 Å². The van der Waals surface area contributed by atoms with Gasteiger partial charge in [-0.3, -0.25) is 0 Å². The summed E-state index contributed by atoms with van der Waals surface area (Å²) < 4.78 is 0. The lowest BCUT2D eigenvalue weighted by atomic mass is 9.60. The predicted molar refractivity (Wildman–Crippen MR) is 75.7 cm³/mol. The van der Waals surface area contributed by atoms with E-state index in [-0.39, 0.29) is 5.41 Å². The van der Waals surface area contributed by atoms with E-state index in [4.69, 9.17) is 11.6 Å². The number of hydrogen-bond acceptors (Lipinski definition) is 2. The lowest BCUT2D eigenvalue weighted by molar-refractivity contribution is 0.282. The van der Waals surface area contributed by atoms with Gasteiger partial charge in [-0.15, -0.1) is 0 Å². The first-order valence-corrected chi connectivity index (χ1v) is 6.94. The van der Waals surface area contributed by atoms with Crippen LogP contribution in [0.4, 0.5) is 0 Å². The Hall–Kier alpha value is -1.02. The minimum atomic E-state index is -0.0520. The number of rotatable bonds is 4. The fourth-order valence-corrected chi connectivity index (χ4v) is 2.89. The van der Waals surface area contributed by atoms with Gasteiger partial charge in [-0.1, -0.05) is 49.2 Å². The first-order chi connectivity index (χ1) is 8.58. The molecule has 0 heterocycles. The number of hydrogen-bond donors (Lipinski definition) is 1. The van der Waals surface area contributed by atoms with Gasteiger partial charge in [-0.25, -0.2) is 0 Å². The highest BCUT2D eigenvalue weighted by Gasteiger charge is 2.43. The summed E-state index contributed by atoms with van der Waals surface area (Å²) in [5.74, 6) is 0.501. The first-order valence-electron chi connectivity index (χ1n) is 6.56. The summed E-state index contributed by atoms with van der Waals surface area (Å²) in [5, 5.41) is 13.7. The molecule has 98 valence electrons. The van der Waals surface area contributed by atoms with Gasteiger partial charge in [0.1, 0.15) is 0 Å². The lowest BCUT2D eigenvalue weighted by Crippen LogP contribution is -2.43. The molecule has 0 aliphatic heterocycles. The molecule has 0 aromatic heterocycles. The van der Waals surface area contributed by atoms with Crippen LogP contribution < -0.4 is 0 Å². The zero-order valence-electron chi connectivity index (χ0n) is 11.0. The Balaban J connectivity index is 2.32. The molecule has 1 saturated carbocycles. The highest BCUT2D eigenvalue weighted by Crippen LogP contribution is 2.46. The van der Waals surface area contributed by atoms with Crippen molar-refractivity contribution < 1.29 is 5.21 Å².